The summed E-state index contributed by atoms with van der Waals surface area (Å²) in [5.41, 5.74) is 1.91. The Bertz CT molecular complexity index is 1030. The van der Waals surface area contributed by atoms with E-state index in [1.807, 2.05) is 62.2 Å². The van der Waals surface area contributed by atoms with Gasteiger partial charge in [-0.3, -0.25) is 9.59 Å². The first-order valence-electron chi connectivity index (χ1n) is 10.7. The zero-order valence-electron chi connectivity index (χ0n) is 18.2. The van der Waals surface area contributed by atoms with E-state index in [0.717, 1.165) is 5.69 Å². The first-order chi connectivity index (χ1) is 15.0. The number of carbonyl (C=O) groups excluding carboxylic acids is 2. The van der Waals surface area contributed by atoms with Crippen molar-refractivity contribution in [2.45, 2.75) is 32.7 Å². The van der Waals surface area contributed by atoms with E-state index in [9.17, 15) is 9.59 Å². The van der Waals surface area contributed by atoms with Crippen LogP contribution in [0, 0.1) is 5.92 Å². The molecule has 1 saturated heterocycles. The van der Waals surface area contributed by atoms with Crippen molar-refractivity contribution < 1.29 is 14.0 Å². The highest BCUT2D eigenvalue weighted by molar-refractivity contribution is 5.94. The topological polar surface area (TPSA) is 71.6 Å². The number of likely N-dealkylation sites (tertiary alicyclic amines) is 1. The second kappa shape index (κ2) is 8.79. The summed E-state index contributed by atoms with van der Waals surface area (Å²) in [6, 6.07) is 15.2. The van der Waals surface area contributed by atoms with Crippen LogP contribution in [0.5, 0.6) is 0 Å². The molecule has 1 fully saturated rings. The maximum Gasteiger partial charge on any atom is 0.272 e. The van der Waals surface area contributed by atoms with Gasteiger partial charge in [-0.2, -0.15) is 5.10 Å². The van der Waals surface area contributed by atoms with Crippen molar-refractivity contribution in [1.29, 1.82) is 0 Å². The summed E-state index contributed by atoms with van der Waals surface area (Å²) >= 11 is 0. The minimum Gasteiger partial charge on any atom is -0.463 e. The highest BCUT2D eigenvalue weighted by Crippen LogP contribution is 2.26. The molecule has 1 aliphatic rings. The number of amides is 2. The molecule has 31 heavy (non-hydrogen) atoms. The van der Waals surface area contributed by atoms with Crippen LogP contribution in [0.25, 0.3) is 17.1 Å². The summed E-state index contributed by atoms with van der Waals surface area (Å²) in [6.45, 7) is 5.13. The number of benzene rings is 1. The van der Waals surface area contributed by atoms with Gasteiger partial charge in [0.2, 0.25) is 5.91 Å². The van der Waals surface area contributed by atoms with Gasteiger partial charge < -0.3 is 14.2 Å². The highest BCUT2D eigenvalue weighted by atomic mass is 16.3. The molecule has 3 heterocycles. The first kappa shape index (κ1) is 20.9. The summed E-state index contributed by atoms with van der Waals surface area (Å²) < 4.78 is 7.16. The molecule has 1 aliphatic heterocycles. The Morgan fingerprint density at radius 3 is 2.42 bits per heavy atom. The summed E-state index contributed by atoms with van der Waals surface area (Å²) in [4.78, 5) is 29.7. The summed E-state index contributed by atoms with van der Waals surface area (Å²) in [5, 5.41) is 4.64. The third-order valence-corrected chi connectivity index (χ3v) is 5.96. The van der Waals surface area contributed by atoms with Crippen molar-refractivity contribution in [2.75, 3.05) is 20.1 Å². The van der Waals surface area contributed by atoms with E-state index in [1.54, 1.807) is 28.0 Å². The SMILES string of the molecule is CC(C)N(C)C(=O)C1CCN(C(=O)c2cc(-c3ccco3)nn2-c2ccccc2)CC1. The maximum atomic E-state index is 13.4. The average molecular weight is 421 g/mol. The molecule has 7 heteroatoms. The number of piperidine rings is 1. The molecule has 0 saturated carbocycles. The van der Waals surface area contributed by atoms with E-state index in [2.05, 4.69) is 5.10 Å². The second-order valence-corrected chi connectivity index (χ2v) is 8.25. The summed E-state index contributed by atoms with van der Waals surface area (Å²) in [7, 11) is 1.85. The van der Waals surface area contributed by atoms with Crippen LogP contribution in [0.4, 0.5) is 0 Å². The minimum atomic E-state index is -0.0859. The van der Waals surface area contributed by atoms with Crippen LogP contribution in [-0.2, 0) is 4.79 Å². The Hall–Kier alpha value is -3.35. The van der Waals surface area contributed by atoms with Gasteiger partial charge in [-0.25, -0.2) is 4.68 Å². The number of hydrogen-bond donors (Lipinski definition) is 0. The number of nitrogens with zero attached hydrogens (tertiary/aromatic N) is 4. The Morgan fingerprint density at radius 1 is 1.10 bits per heavy atom. The molecule has 0 bridgehead atoms. The molecule has 0 N–H and O–H groups in total. The minimum absolute atomic E-state index is 0.0332. The molecule has 7 nitrogen and oxygen atoms in total. The van der Waals surface area contributed by atoms with Gasteiger partial charge in [-0.15, -0.1) is 0 Å². The normalized spacial score (nSPS) is 14.8. The van der Waals surface area contributed by atoms with Gasteiger partial charge >= 0.3 is 0 Å². The smallest absolute Gasteiger partial charge is 0.272 e. The van der Waals surface area contributed by atoms with Gasteiger partial charge in [-0.05, 0) is 51.0 Å². The van der Waals surface area contributed by atoms with Gasteiger partial charge in [-0.1, -0.05) is 18.2 Å². The van der Waals surface area contributed by atoms with E-state index in [-0.39, 0.29) is 23.8 Å². The molecular weight excluding hydrogens is 392 g/mol. The lowest BCUT2D eigenvalue weighted by Gasteiger charge is -2.34. The molecule has 1 aromatic carbocycles. The molecule has 3 aromatic rings. The number of carbonyl (C=O) groups is 2. The number of para-hydroxylation sites is 1. The standard InChI is InChI=1S/C24H28N4O3/c1-17(2)26(3)23(29)18-11-13-27(14-12-18)24(30)21-16-20(22-10-7-15-31-22)25-28(21)19-8-5-4-6-9-19/h4-10,15-18H,11-14H2,1-3H3. The lowest BCUT2D eigenvalue weighted by Crippen LogP contribution is -2.45. The van der Waals surface area contributed by atoms with Crippen LogP contribution in [0.1, 0.15) is 37.2 Å². The summed E-state index contributed by atoms with van der Waals surface area (Å²) in [6.07, 6.45) is 2.94. The van der Waals surface area contributed by atoms with E-state index < -0.39 is 0 Å². The Balaban J connectivity index is 1.56. The second-order valence-electron chi connectivity index (χ2n) is 8.25. The number of aromatic nitrogens is 2. The fourth-order valence-corrected chi connectivity index (χ4v) is 3.88. The lowest BCUT2D eigenvalue weighted by molar-refractivity contribution is -0.137. The number of rotatable bonds is 5. The predicted octanol–water partition coefficient (Wildman–Crippen LogP) is 3.85. The van der Waals surface area contributed by atoms with Crippen molar-refractivity contribution in [2.24, 2.45) is 5.92 Å². The van der Waals surface area contributed by atoms with Gasteiger partial charge in [0.05, 0.1) is 12.0 Å². The number of hydrogen-bond acceptors (Lipinski definition) is 4. The quantitative estimate of drug-likeness (QED) is 0.629. The fourth-order valence-electron chi connectivity index (χ4n) is 3.88. The zero-order chi connectivity index (χ0) is 22.0. The zero-order valence-corrected chi connectivity index (χ0v) is 18.2. The molecule has 0 radical (unpaired) electrons. The van der Waals surface area contributed by atoms with Crippen LogP contribution < -0.4 is 0 Å². The molecule has 0 unspecified atom stereocenters. The third kappa shape index (κ3) is 4.26. The van der Waals surface area contributed by atoms with E-state index in [4.69, 9.17) is 4.42 Å². The van der Waals surface area contributed by atoms with Gasteiger partial charge in [0.15, 0.2) is 5.76 Å². The molecule has 2 aromatic heterocycles. The van der Waals surface area contributed by atoms with Crippen molar-refractivity contribution in [3.63, 3.8) is 0 Å². The lowest BCUT2D eigenvalue weighted by atomic mass is 9.94. The van der Waals surface area contributed by atoms with Crippen LogP contribution in [0.3, 0.4) is 0 Å². The molecule has 0 atom stereocenters. The van der Waals surface area contributed by atoms with Crippen LogP contribution in [0.15, 0.2) is 59.2 Å². The van der Waals surface area contributed by atoms with Crippen LogP contribution >= 0.6 is 0 Å². The fraction of sp³-hybridized carbons (Fsp3) is 0.375. The van der Waals surface area contributed by atoms with Crippen molar-refractivity contribution in [1.82, 2.24) is 19.6 Å². The van der Waals surface area contributed by atoms with Crippen molar-refractivity contribution in [3.05, 3.63) is 60.5 Å². The highest BCUT2D eigenvalue weighted by Gasteiger charge is 2.31. The van der Waals surface area contributed by atoms with Crippen LogP contribution in [0.2, 0.25) is 0 Å². The average Bonchev–Trinajstić information content (AvgIpc) is 3.48. The van der Waals surface area contributed by atoms with E-state index >= 15 is 0 Å². The van der Waals surface area contributed by atoms with Crippen LogP contribution in [-0.4, -0.2) is 57.6 Å². The monoisotopic (exact) mass is 420 g/mol. The predicted molar refractivity (Wildman–Crippen MR) is 118 cm³/mol. The number of furan rings is 1. The largest absolute Gasteiger partial charge is 0.463 e. The molecule has 162 valence electrons. The molecule has 0 aliphatic carbocycles. The van der Waals surface area contributed by atoms with Gasteiger partial charge in [0.1, 0.15) is 11.4 Å². The third-order valence-electron chi connectivity index (χ3n) is 5.96. The Morgan fingerprint density at radius 2 is 1.81 bits per heavy atom. The first-order valence-corrected chi connectivity index (χ1v) is 10.7. The molecule has 4 rings (SSSR count). The van der Waals surface area contributed by atoms with Crippen molar-refractivity contribution in [3.8, 4) is 17.1 Å². The van der Waals surface area contributed by atoms with Gasteiger partial charge in [0.25, 0.3) is 5.91 Å². The molecule has 0 spiro atoms. The molecule has 2 amide bonds. The summed E-state index contributed by atoms with van der Waals surface area (Å²) in [5.74, 6) is 0.660. The maximum absolute atomic E-state index is 13.4. The van der Waals surface area contributed by atoms with Gasteiger partial charge in [0, 0.05) is 38.2 Å². The van der Waals surface area contributed by atoms with E-state index in [0.29, 0.717) is 43.1 Å². The molecular formula is C24H28N4O3. The van der Waals surface area contributed by atoms with Crippen molar-refractivity contribution >= 4 is 11.8 Å². The Kier molecular flexibility index (Phi) is 5.93. The van der Waals surface area contributed by atoms with E-state index in [1.165, 1.54) is 0 Å². The Labute approximate surface area is 182 Å².